The maximum absolute atomic E-state index is 12.1. The molecule has 2 aromatic carbocycles. The predicted molar refractivity (Wildman–Crippen MR) is 110 cm³/mol. The highest BCUT2D eigenvalue weighted by molar-refractivity contribution is 7.14. The van der Waals surface area contributed by atoms with E-state index < -0.39 is 0 Å². The first kappa shape index (κ1) is 17.4. The molecular weight excluding hydrogens is 378 g/mol. The van der Waals surface area contributed by atoms with Gasteiger partial charge in [0.2, 0.25) is 5.91 Å². The fraction of sp³-hybridized carbons (Fsp3) is 0.0500. The van der Waals surface area contributed by atoms with Gasteiger partial charge in [0.15, 0.2) is 5.13 Å². The average molecular weight is 393 g/mol. The number of hydrogen-bond acceptors (Lipinski definition) is 5. The molecule has 2 heterocycles. The van der Waals surface area contributed by atoms with Gasteiger partial charge in [0.1, 0.15) is 0 Å². The van der Waals surface area contributed by atoms with E-state index in [1.165, 1.54) is 22.7 Å². The lowest BCUT2D eigenvalue weighted by molar-refractivity contribution is -0.115. The number of thiazole rings is 1. The van der Waals surface area contributed by atoms with Gasteiger partial charge in [-0.05, 0) is 22.2 Å². The van der Waals surface area contributed by atoms with E-state index in [0.717, 1.165) is 22.0 Å². The number of nitrogens with one attached hydrogen (secondary N) is 2. The van der Waals surface area contributed by atoms with Crippen molar-refractivity contribution in [3.8, 4) is 11.3 Å². The molecule has 2 amide bonds. The van der Waals surface area contributed by atoms with E-state index in [1.54, 1.807) is 12.1 Å². The first-order valence-electron chi connectivity index (χ1n) is 8.26. The highest BCUT2D eigenvalue weighted by Crippen LogP contribution is 2.30. The lowest BCUT2D eigenvalue weighted by atomic mass is 10.0. The molecule has 0 saturated carbocycles. The number of anilines is 1. The SMILES string of the molecule is O=C(CNC(=O)c1cccs1)Nc1nc(-c2cccc3ccccc23)cs1. The zero-order valence-electron chi connectivity index (χ0n) is 14.1. The minimum absolute atomic E-state index is 0.0973. The number of fused-ring (bicyclic) bond motifs is 1. The van der Waals surface area contributed by atoms with Gasteiger partial charge < -0.3 is 10.6 Å². The van der Waals surface area contributed by atoms with Crippen molar-refractivity contribution in [2.75, 3.05) is 11.9 Å². The Morgan fingerprint density at radius 2 is 1.81 bits per heavy atom. The summed E-state index contributed by atoms with van der Waals surface area (Å²) in [5.74, 6) is -0.561. The molecule has 5 nitrogen and oxygen atoms in total. The fourth-order valence-electron chi connectivity index (χ4n) is 2.72. The maximum atomic E-state index is 12.1. The molecule has 0 spiro atoms. The van der Waals surface area contributed by atoms with Crippen LogP contribution in [-0.2, 0) is 4.79 Å². The molecule has 0 unspecified atom stereocenters. The molecule has 0 aliphatic carbocycles. The Labute approximate surface area is 163 Å². The van der Waals surface area contributed by atoms with Crippen LogP contribution in [0.1, 0.15) is 9.67 Å². The van der Waals surface area contributed by atoms with Gasteiger partial charge in [0, 0.05) is 10.9 Å². The van der Waals surface area contributed by atoms with E-state index in [-0.39, 0.29) is 18.4 Å². The lowest BCUT2D eigenvalue weighted by Crippen LogP contribution is -2.32. The minimum Gasteiger partial charge on any atom is -0.342 e. The molecule has 4 aromatic rings. The molecule has 0 bridgehead atoms. The number of aromatic nitrogens is 1. The predicted octanol–water partition coefficient (Wildman–Crippen LogP) is 4.39. The second-order valence-corrected chi connectivity index (χ2v) is 7.58. The summed E-state index contributed by atoms with van der Waals surface area (Å²) in [6.07, 6.45) is 0. The summed E-state index contributed by atoms with van der Waals surface area (Å²) >= 11 is 2.69. The van der Waals surface area contributed by atoms with Crippen LogP contribution in [0.3, 0.4) is 0 Å². The van der Waals surface area contributed by atoms with Gasteiger partial charge >= 0.3 is 0 Å². The highest BCUT2D eigenvalue weighted by Gasteiger charge is 2.12. The van der Waals surface area contributed by atoms with E-state index in [2.05, 4.69) is 33.8 Å². The Morgan fingerprint density at radius 3 is 2.67 bits per heavy atom. The van der Waals surface area contributed by atoms with Crippen LogP contribution in [0.15, 0.2) is 65.4 Å². The van der Waals surface area contributed by atoms with E-state index >= 15 is 0 Å². The summed E-state index contributed by atoms with van der Waals surface area (Å²) in [6, 6.07) is 17.7. The molecule has 7 heteroatoms. The number of carbonyl (C=O) groups excluding carboxylic acids is 2. The van der Waals surface area contributed by atoms with Crippen molar-refractivity contribution in [3.05, 3.63) is 70.2 Å². The minimum atomic E-state index is -0.307. The monoisotopic (exact) mass is 393 g/mol. The Balaban J connectivity index is 1.43. The molecule has 2 aromatic heterocycles. The van der Waals surface area contributed by atoms with Gasteiger partial charge in [-0.25, -0.2) is 4.98 Å². The van der Waals surface area contributed by atoms with Gasteiger partial charge in [0.05, 0.1) is 17.1 Å². The summed E-state index contributed by atoms with van der Waals surface area (Å²) < 4.78 is 0. The number of thiophene rings is 1. The summed E-state index contributed by atoms with van der Waals surface area (Å²) in [5, 5.41) is 11.8. The molecule has 0 saturated heterocycles. The smallest absolute Gasteiger partial charge is 0.261 e. The fourth-order valence-corrected chi connectivity index (χ4v) is 4.09. The van der Waals surface area contributed by atoms with Crippen molar-refractivity contribution in [2.24, 2.45) is 0 Å². The highest BCUT2D eigenvalue weighted by atomic mass is 32.1. The van der Waals surface area contributed by atoms with Gasteiger partial charge in [-0.15, -0.1) is 22.7 Å². The number of benzene rings is 2. The molecule has 0 aliphatic rings. The second-order valence-electron chi connectivity index (χ2n) is 5.77. The third-order valence-corrected chi connectivity index (χ3v) is 5.60. The van der Waals surface area contributed by atoms with Crippen LogP contribution < -0.4 is 10.6 Å². The lowest BCUT2D eigenvalue weighted by Gasteiger charge is -2.04. The topological polar surface area (TPSA) is 71.1 Å². The molecule has 0 radical (unpaired) electrons. The number of nitrogens with zero attached hydrogens (tertiary/aromatic N) is 1. The number of rotatable bonds is 5. The summed E-state index contributed by atoms with van der Waals surface area (Å²) in [5.41, 5.74) is 1.84. The van der Waals surface area contributed by atoms with Gasteiger partial charge in [-0.3, -0.25) is 9.59 Å². The van der Waals surface area contributed by atoms with Crippen LogP contribution in [0.2, 0.25) is 0 Å². The van der Waals surface area contributed by atoms with E-state index in [4.69, 9.17) is 0 Å². The maximum Gasteiger partial charge on any atom is 0.261 e. The third-order valence-electron chi connectivity index (χ3n) is 3.97. The Morgan fingerprint density at radius 1 is 0.963 bits per heavy atom. The first-order valence-corrected chi connectivity index (χ1v) is 10.0. The second kappa shape index (κ2) is 7.69. The standard InChI is InChI=1S/C20H15N3O2S2/c24-18(11-21-19(25)17-9-4-10-26-17)23-20-22-16(12-27-20)15-8-3-6-13-5-1-2-7-14(13)15/h1-10,12H,11H2,(H,21,25)(H,22,23,24). The molecule has 4 rings (SSSR count). The average Bonchev–Trinajstić information content (AvgIpc) is 3.38. The molecule has 0 atom stereocenters. The van der Waals surface area contributed by atoms with Crippen molar-refractivity contribution < 1.29 is 9.59 Å². The van der Waals surface area contributed by atoms with Crippen LogP contribution in [0, 0.1) is 0 Å². The van der Waals surface area contributed by atoms with E-state index in [0.29, 0.717) is 10.0 Å². The van der Waals surface area contributed by atoms with Crippen LogP contribution in [0.25, 0.3) is 22.0 Å². The Bertz CT molecular complexity index is 1100. The van der Waals surface area contributed by atoms with Gasteiger partial charge in [0.25, 0.3) is 5.91 Å². The van der Waals surface area contributed by atoms with Gasteiger partial charge in [-0.2, -0.15) is 0 Å². The molecule has 2 N–H and O–H groups in total. The normalized spacial score (nSPS) is 10.7. The van der Waals surface area contributed by atoms with E-state index in [1.807, 2.05) is 35.0 Å². The van der Waals surface area contributed by atoms with Crippen LogP contribution in [0.5, 0.6) is 0 Å². The zero-order valence-corrected chi connectivity index (χ0v) is 15.8. The molecular formula is C20H15N3O2S2. The molecule has 134 valence electrons. The third kappa shape index (κ3) is 3.89. The van der Waals surface area contributed by atoms with Crippen molar-refractivity contribution in [1.82, 2.24) is 10.3 Å². The number of hydrogen-bond donors (Lipinski definition) is 2. The summed E-state index contributed by atoms with van der Waals surface area (Å²) in [6.45, 7) is -0.0973. The van der Waals surface area contributed by atoms with Crippen molar-refractivity contribution >= 4 is 50.4 Å². The quantitative estimate of drug-likeness (QED) is 0.528. The summed E-state index contributed by atoms with van der Waals surface area (Å²) in [4.78, 5) is 29.1. The summed E-state index contributed by atoms with van der Waals surface area (Å²) in [7, 11) is 0. The molecule has 0 aliphatic heterocycles. The van der Waals surface area contributed by atoms with Crippen molar-refractivity contribution in [3.63, 3.8) is 0 Å². The number of carbonyl (C=O) groups is 2. The molecule has 0 fully saturated rings. The van der Waals surface area contributed by atoms with E-state index in [9.17, 15) is 9.59 Å². The first-order chi connectivity index (χ1) is 13.2. The van der Waals surface area contributed by atoms with Crippen LogP contribution in [0.4, 0.5) is 5.13 Å². The van der Waals surface area contributed by atoms with Crippen LogP contribution in [-0.4, -0.2) is 23.3 Å². The van der Waals surface area contributed by atoms with Crippen LogP contribution >= 0.6 is 22.7 Å². The largest absolute Gasteiger partial charge is 0.342 e. The van der Waals surface area contributed by atoms with Gasteiger partial charge in [-0.1, -0.05) is 48.5 Å². The van der Waals surface area contributed by atoms with Crippen molar-refractivity contribution in [2.45, 2.75) is 0 Å². The Hall–Kier alpha value is -3.03. The molecule has 27 heavy (non-hydrogen) atoms. The van der Waals surface area contributed by atoms with Crippen molar-refractivity contribution in [1.29, 1.82) is 0 Å². The Kier molecular flexibility index (Phi) is 4.95. The zero-order chi connectivity index (χ0) is 18.6. The number of amides is 2.